The van der Waals surface area contributed by atoms with Crippen molar-refractivity contribution < 1.29 is 8.94 Å². The Morgan fingerprint density at radius 1 is 1.20 bits per heavy atom. The fourth-order valence-corrected chi connectivity index (χ4v) is 2.98. The summed E-state index contributed by atoms with van der Waals surface area (Å²) >= 11 is 0. The van der Waals surface area contributed by atoms with Crippen molar-refractivity contribution in [3.63, 3.8) is 0 Å². The van der Waals surface area contributed by atoms with Gasteiger partial charge in [-0.3, -0.25) is 4.90 Å². The molecule has 1 fully saturated rings. The van der Waals surface area contributed by atoms with Gasteiger partial charge >= 0.3 is 0 Å². The molecule has 0 N–H and O–H groups in total. The monoisotopic (exact) mass is 274 g/mol. The lowest BCUT2D eigenvalue weighted by Crippen LogP contribution is -2.16. The van der Waals surface area contributed by atoms with E-state index >= 15 is 0 Å². The van der Waals surface area contributed by atoms with E-state index in [0.717, 1.165) is 30.3 Å². The smallest absolute Gasteiger partial charge is 0.150 e. The van der Waals surface area contributed by atoms with Gasteiger partial charge in [0.15, 0.2) is 5.76 Å². The van der Waals surface area contributed by atoms with Crippen LogP contribution in [0, 0.1) is 0 Å². The molecule has 0 saturated heterocycles. The first-order valence-electron chi connectivity index (χ1n) is 7.47. The van der Waals surface area contributed by atoms with Crippen LogP contribution < -0.4 is 0 Å². The van der Waals surface area contributed by atoms with Crippen LogP contribution in [0.15, 0.2) is 33.4 Å². The molecule has 2 heterocycles. The first-order chi connectivity index (χ1) is 9.81. The first kappa shape index (κ1) is 13.4. The van der Waals surface area contributed by atoms with Crippen molar-refractivity contribution >= 4 is 0 Å². The van der Waals surface area contributed by atoms with Crippen molar-refractivity contribution in [2.45, 2.75) is 51.1 Å². The summed E-state index contributed by atoms with van der Waals surface area (Å²) in [5, 5.41) is 4.26. The Morgan fingerprint density at radius 2 is 2.00 bits per heavy atom. The van der Waals surface area contributed by atoms with E-state index in [9.17, 15) is 0 Å². The van der Waals surface area contributed by atoms with Crippen LogP contribution in [0.2, 0.25) is 0 Å². The summed E-state index contributed by atoms with van der Waals surface area (Å²) in [5.41, 5.74) is 1.14. The lowest BCUT2D eigenvalue weighted by molar-refractivity contribution is 0.248. The second kappa shape index (κ2) is 6.27. The molecule has 0 spiro atoms. The predicted octanol–water partition coefficient (Wildman–Crippen LogP) is 3.95. The summed E-state index contributed by atoms with van der Waals surface area (Å²) in [5.74, 6) is 2.52. The SMILES string of the molecule is CN(Cc1ccco1)Cc1cc(C2CCCCC2)no1. The van der Waals surface area contributed by atoms with Gasteiger partial charge in [-0.25, -0.2) is 0 Å². The van der Waals surface area contributed by atoms with Crippen LogP contribution in [0.5, 0.6) is 0 Å². The Labute approximate surface area is 119 Å². The maximum atomic E-state index is 5.49. The van der Waals surface area contributed by atoms with Gasteiger partial charge in [-0.1, -0.05) is 24.4 Å². The van der Waals surface area contributed by atoms with Crippen LogP contribution in [0.4, 0.5) is 0 Å². The van der Waals surface area contributed by atoms with Gasteiger partial charge < -0.3 is 8.94 Å². The molecule has 4 heteroatoms. The Morgan fingerprint density at radius 3 is 2.75 bits per heavy atom. The van der Waals surface area contributed by atoms with Crippen molar-refractivity contribution in [3.05, 3.63) is 41.7 Å². The largest absolute Gasteiger partial charge is 0.468 e. The van der Waals surface area contributed by atoms with E-state index in [1.54, 1.807) is 6.26 Å². The molecule has 0 amide bonds. The Hall–Kier alpha value is -1.55. The third kappa shape index (κ3) is 3.31. The molecule has 3 rings (SSSR count). The zero-order valence-electron chi connectivity index (χ0n) is 12.0. The van der Waals surface area contributed by atoms with Crippen molar-refractivity contribution in [3.8, 4) is 0 Å². The van der Waals surface area contributed by atoms with Gasteiger partial charge in [0.1, 0.15) is 5.76 Å². The lowest BCUT2D eigenvalue weighted by atomic mass is 9.87. The number of nitrogens with zero attached hydrogens (tertiary/aromatic N) is 2. The molecule has 0 atom stereocenters. The molecule has 20 heavy (non-hydrogen) atoms. The van der Waals surface area contributed by atoms with E-state index in [2.05, 4.69) is 23.2 Å². The normalized spacial score (nSPS) is 16.9. The van der Waals surface area contributed by atoms with Crippen LogP contribution in [0.3, 0.4) is 0 Å². The minimum absolute atomic E-state index is 0.608. The molecule has 1 aliphatic carbocycles. The lowest BCUT2D eigenvalue weighted by Gasteiger charge is -2.18. The van der Waals surface area contributed by atoms with Gasteiger partial charge in [0.2, 0.25) is 0 Å². The number of hydrogen-bond donors (Lipinski definition) is 0. The molecule has 2 aromatic rings. The highest BCUT2D eigenvalue weighted by atomic mass is 16.5. The van der Waals surface area contributed by atoms with E-state index in [-0.39, 0.29) is 0 Å². The van der Waals surface area contributed by atoms with Crippen LogP contribution in [0.25, 0.3) is 0 Å². The minimum atomic E-state index is 0.608. The molecule has 1 aliphatic rings. The van der Waals surface area contributed by atoms with Gasteiger partial charge in [0.25, 0.3) is 0 Å². The Balaban J connectivity index is 1.56. The number of aromatic nitrogens is 1. The van der Waals surface area contributed by atoms with Gasteiger partial charge in [0.05, 0.1) is 25.0 Å². The average Bonchev–Trinajstić information content (AvgIpc) is 3.11. The van der Waals surface area contributed by atoms with Crippen molar-refractivity contribution in [1.29, 1.82) is 0 Å². The molecule has 0 aliphatic heterocycles. The maximum absolute atomic E-state index is 5.49. The first-order valence-corrected chi connectivity index (χ1v) is 7.47. The maximum Gasteiger partial charge on any atom is 0.150 e. The van der Waals surface area contributed by atoms with Crippen LogP contribution >= 0.6 is 0 Å². The Kier molecular flexibility index (Phi) is 4.21. The topological polar surface area (TPSA) is 42.4 Å². The highest BCUT2D eigenvalue weighted by molar-refractivity contribution is 5.11. The van der Waals surface area contributed by atoms with E-state index in [4.69, 9.17) is 8.94 Å². The van der Waals surface area contributed by atoms with E-state index in [1.165, 1.54) is 32.1 Å². The molecule has 0 bridgehead atoms. The molecular formula is C16H22N2O2. The summed E-state index contributed by atoms with van der Waals surface area (Å²) in [7, 11) is 2.06. The average molecular weight is 274 g/mol. The number of hydrogen-bond acceptors (Lipinski definition) is 4. The van der Waals surface area contributed by atoms with Gasteiger partial charge in [0, 0.05) is 12.0 Å². The molecule has 0 aromatic carbocycles. The molecular weight excluding hydrogens is 252 g/mol. The van der Waals surface area contributed by atoms with Crippen LogP contribution in [-0.4, -0.2) is 17.1 Å². The third-order valence-corrected chi connectivity index (χ3v) is 4.03. The second-order valence-corrected chi connectivity index (χ2v) is 5.80. The molecule has 0 unspecified atom stereocenters. The second-order valence-electron chi connectivity index (χ2n) is 5.80. The van der Waals surface area contributed by atoms with E-state index in [1.807, 2.05) is 12.1 Å². The van der Waals surface area contributed by atoms with Gasteiger partial charge in [-0.15, -0.1) is 0 Å². The summed E-state index contributed by atoms with van der Waals surface area (Å²) < 4.78 is 10.8. The molecule has 0 radical (unpaired) electrons. The van der Waals surface area contributed by atoms with Crippen molar-refractivity contribution in [1.82, 2.24) is 10.1 Å². The quantitative estimate of drug-likeness (QED) is 0.828. The van der Waals surface area contributed by atoms with Crippen LogP contribution in [-0.2, 0) is 13.1 Å². The zero-order valence-corrected chi connectivity index (χ0v) is 12.0. The number of furan rings is 1. The molecule has 108 valence electrons. The van der Waals surface area contributed by atoms with Crippen molar-refractivity contribution in [2.75, 3.05) is 7.05 Å². The summed E-state index contributed by atoms with van der Waals surface area (Å²) in [4.78, 5) is 2.17. The molecule has 2 aromatic heterocycles. The molecule has 4 nitrogen and oxygen atoms in total. The highest BCUT2D eigenvalue weighted by Gasteiger charge is 2.19. The fraction of sp³-hybridized carbons (Fsp3) is 0.562. The summed E-state index contributed by atoms with van der Waals surface area (Å²) in [6, 6.07) is 6.04. The zero-order chi connectivity index (χ0) is 13.8. The van der Waals surface area contributed by atoms with E-state index < -0.39 is 0 Å². The third-order valence-electron chi connectivity index (χ3n) is 4.03. The summed E-state index contributed by atoms with van der Waals surface area (Å²) in [6.45, 7) is 1.55. The standard InChI is InChI=1S/C16H22N2O2/c1-18(11-14-8-5-9-19-14)12-15-10-16(17-20-15)13-6-3-2-4-7-13/h5,8-10,13H,2-4,6-7,11-12H2,1H3. The Bertz CT molecular complexity index is 512. The molecule has 1 saturated carbocycles. The van der Waals surface area contributed by atoms with Crippen molar-refractivity contribution in [2.24, 2.45) is 0 Å². The minimum Gasteiger partial charge on any atom is -0.468 e. The summed E-state index contributed by atoms with van der Waals surface area (Å²) in [6.07, 6.45) is 8.24. The van der Waals surface area contributed by atoms with Gasteiger partial charge in [-0.05, 0) is 32.0 Å². The van der Waals surface area contributed by atoms with Gasteiger partial charge in [-0.2, -0.15) is 0 Å². The van der Waals surface area contributed by atoms with Crippen LogP contribution in [0.1, 0.15) is 55.2 Å². The van der Waals surface area contributed by atoms with E-state index in [0.29, 0.717) is 5.92 Å². The highest BCUT2D eigenvalue weighted by Crippen LogP contribution is 2.32. The number of rotatable bonds is 5. The fourth-order valence-electron chi connectivity index (χ4n) is 2.98. The predicted molar refractivity (Wildman–Crippen MR) is 76.2 cm³/mol.